The highest BCUT2D eigenvalue weighted by molar-refractivity contribution is 5.77. The Morgan fingerprint density at radius 3 is 2.46 bits per heavy atom. The lowest BCUT2D eigenvalue weighted by Gasteiger charge is -2.58. The van der Waals surface area contributed by atoms with Crippen molar-refractivity contribution in [1.82, 2.24) is 0 Å². The zero-order valence-electron chi connectivity index (χ0n) is 24.7. The number of rotatable bonds is 10. The average molecular weight is 515 g/mol. The van der Waals surface area contributed by atoms with E-state index in [9.17, 15) is 9.59 Å². The van der Waals surface area contributed by atoms with Gasteiger partial charge in [0, 0.05) is 6.42 Å². The lowest BCUT2D eigenvalue weighted by molar-refractivity contribution is -0.155. The summed E-state index contributed by atoms with van der Waals surface area (Å²) in [6.45, 7) is 14.6. The molecule has 0 amide bonds. The zero-order chi connectivity index (χ0) is 26.8. The molecule has 0 spiro atoms. The smallest absolute Gasteiger partial charge is 0.306 e. The van der Waals surface area contributed by atoms with E-state index >= 15 is 0 Å². The van der Waals surface area contributed by atoms with Crippen LogP contribution in [0.2, 0.25) is 0 Å². The van der Waals surface area contributed by atoms with Gasteiger partial charge in [0.15, 0.2) is 0 Å². The van der Waals surface area contributed by atoms with Crippen LogP contribution >= 0.6 is 0 Å². The molecular formula is C33H54O4. The van der Waals surface area contributed by atoms with Gasteiger partial charge in [-0.25, -0.2) is 0 Å². The molecule has 0 N–H and O–H groups in total. The number of hydrogen-bond donors (Lipinski definition) is 0. The minimum atomic E-state index is -0.319. The summed E-state index contributed by atoms with van der Waals surface area (Å²) in [6.07, 6.45) is 16.7. The van der Waals surface area contributed by atoms with E-state index in [1.54, 1.807) is 12.5 Å². The quantitative estimate of drug-likeness (QED) is 0.217. The molecule has 0 aliphatic heterocycles. The SMILES string of the molecule is CCOC(=O)CCC(=O)O[C@H]1CC[C@@]2(C)C(=CC[C@H]3[C@@H]4CC[C@H]([C@H](C)CCCC(C)C)[C@@]4(C)CC[C@@H]32)C1. The van der Waals surface area contributed by atoms with Gasteiger partial charge in [-0.05, 0) is 98.2 Å². The minimum absolute atomic E-state index is 0.0398. The van der Waals surface area contributed by atoms with Crippen LogP contribution in [0.1, 0.15) is 125 Å². The second-order valence-electron chi connectivity index (χ2n) is 13.9. The van der Waals surface area contributed by atoms with Crippen molar-refractivity contribution in [2.75, 3.05) is 6.61 Å². The Hall–Kier alpha value is -1.32. The van der Waals surface area contributed by atoms with E-state index in [2.05, 4.69) is 40.7 Å². The van der Waals surface area contributed by atoms with Crippen molar-refractivity contribution < 1.29 is 19.1 Å². The maximum atomic E-state index is 12.4. The van der Waals surface area contributed by atoms with E-state index in [0.717, 1.165) is 54.8 Å². The normalized spacial score (nSPS) is 37.7. The van der Waals surface area contributed by atoms with Crippen LogP contribution in [0.5, 0.6) is 0 Å². The molecule has 0 aromatic carbocycles. The summed E-state index contributed by atoms with van der Waals surface area (Å²) in [7, 11) is 0. The second-order valence-corrected chi connectivity index (χ2v) is 13.9. The number of esters is 2. The first kappa shape index (κ1) is 28.7. The Labute approximate surface area is 226 Å². The molecule has 0 bridgehead atoms. The number of carbonyl (C=O) groups is 2. The third-order valence-electron chi connectivity index (χ3n) is 11.4. The van der Waals surface area contributed by atoms with E-state index in [-0.39, 0.29) is 36.3 Å². The monoisotopic (exact) mass is 514 g/mol. The first-order chi connectivity index (χ1) is 17.6. The molecule has 0 saturated heterocycles. The van der Waals surface area contributed by atoms with Crippen LogP contribution in [-0.4, -0.2) is 24.6 Å². The first-order valence-electron chi connectivity index (χ1n) is 15.6. The Bertz CT molecular complexity index is 845. The van der Waals surface area contributed by atoms with Gasteiger partial charge in [-0.15, -0.1) is 0 Å². The van der Waals surface area contributed by atoms with Crippen LogP contribution in [0.4, 0.5) is 0 Å². The van der Waals surface area contributed by atoms with Crippen LogP contribution < -0.4 is 0 Å². The molecule has 4 aliphatic carbocycles. The molecule has 3 saturated carbocycles. The predicted octanol–water partition coefficient (Wildman–Crippen LogP) is 8.28. The summed E-state index contributed by atoms with van der Waals surface area (Å²) in [5.74, 6) is 4.46. The van der Waals surface area contributed by atoms with Gasteiger partial charge in [-0.2, -0.15) is 0 Å². The molecule has 8 atom stereocenters. The summed E-state index contributed by atoms with van der Waals surface area (Å²) in [5.41, 5.74) is 2.33. The summed E-state index contributed by atoms with van der Waals surface area (Å²) in [5, 5.41) is 0. The molecule has 37 heavy (non-hydrogen) atoms. The maximum absolute atomic E-state index is 12.4. The topological polar surface area (TPSA) is 52.6 Å². The third kappa shape index (κ3) is 5.98. The number of hydrogen-bond acceptors (Lipinski definition) is 4. The highest BCUT2D eigenvalue weighted by atomic mass is 16.5. The molecule has 0 aromatic rings. The van der Waals surface area contributed by atoms with Crippen molar-refractivity contribution >= 4 is 11.9 Å². The molecule has 0 unspecified atom stereocenters. The van der Waals surface area contributed by atoms with Gasteiger partial charge in [0.1, 0.15) is 6.10 Å². The molecule has 4 heteroatoms. The van der Waals surface area contributed by atoms with Crippen LogP contribution in [0.3, 0.4) is 0 Å². The molecule has 0 heterocycles. The summed E-state index contributed by atoms with van der Waals surface area (Å²) < 4.78 is 10.8. The van der Waals surface area contributed by atoms with E-state index in [4.69, 9.17) is 9.47 Å². The van der Waals surface area contributed by atoms with E-state index in [1.807, 2.05) is 0 Å². The summed E-state index contributed by atoms with van der Waals surface area (Å²) in [6, 6.07) is 0. The van der Waals surface area contributed by atoms with Gasteiger partial charge < -0.3 is 9.47 Å². The van der Waals surface area contributed by atoms with Gasteiger partial charge in [0.25, 0.3) is 0 Å². The van der Waals surface area contributed by atoms with Crippen molar-refractivity contribution in [3.8, 4) is 0 Å². The van der Waals surface area contributed by atoms with Crippen LogP contribution in [-0.2, 0) is 19.1 Å². The summed E-state index contributed by atoms with van der Waals surface area (Å²) >= 11 is 0. The Kier molecular flexibility index (Phi) is 9.17. The van der Waals surface area contributed by atoms with Gasteiger partial charge in [-0.3, -0.25) is 9.59 Å². The van der Waals surface area contributed by atoms with Crippen molar-refractivity contribution in [2.24, 2.45) is 46.3 Å². The van der Waals surface area contributed by atoms with Crippen molar-refractivity contribution in [3.05, 3.63) is 11.6 Å². The molecule has 4 aliphatic rings. The first-order valence-corrected chi connectivity index (χ1v) is 15.6. The molecule has 3 fully saturated rings. The van der Waals surface area contributed by atoms with E-state index in [0.29, 0.717) is 12.0 Å². The molecule has 4 nitrogen and oxygen atoms in total. The molecule has 4 rings (SSSR count). The lowest BCUT2D eigenvalue weighted by atomic mass is 9.47. The molecular weight excluding hydrogens is 460 g/mol. The highest BCUT2D eigenvalue weighted by Gasteiger charge is 2.59. The molecule has 0 radical (unpaired) electrons. The number of fused-ring (bicyclic) bond motifs is 5. The van der Waals surface area contributed by atoms with Crippen LogP contribution in [0.15, 0.2) is 11.6 Å². The van der Waals surface area contributed by atoms with Crippen molar-refractivity contribution in [3.63, 3.8) is 0 Å². The van der Waals surface area contributed by atoms with Gasteiger partial charge in [0.2, 0.25) is 0 Å². The van der Waals surface area contributed by atoms with Crippen molar-refractivity contribution in [2.45, 2.75) is 131 Å². The van der Waals surface area contributed by atoms with Gasteiger partial charge in [0.05, 0.1) is 19.4 Å². The van der Waals surface area contributed by atoms with E-state index in [1.165, 1.54) is 51.4 Å². The predicted molar refractivity (Wildman–Crippen MR) is 149 cm³/mol. The minimum Gasteiger partial charge on any atom is -0.466 e. The molecule has 0 aromatic heterocycles. The van der Waals surface area contributed by atoms with Gasteiger partial charge >= 0.3 is 11.9 Å². The number of ether oxygens (including phenoxy) is 2. The highest BCUT2D eigenvalue weighted by Crippen LogP contribution is 2.67. The fourth-order valence-corrected chi connectivity index (χ4v) is 9.43. The second kappa shape index (κ2) is 11.8. The van der Waals surface area contributed by atoms with E-state index < -0.39 is 0 Å². The molecule has 210 valence electrons. The lowest BCUT2D eigenvalue weighted by Crippen LogP contribution is -2.51. The van der Waals surface area contributed by atoms with Crippen LogP contribution in [0.25, 0.3) is 0 Å². The average Bonchev–Trinajstić information content (AvgIpc) is 3.20. The van der Waals surface area contributed by atoms with Crippen molar-refractivity contribution in [1.29, 1.82) is 0 Å². The Morgan fingerprint density at radius 2 is 1.73 bits per heavy atom. The Morgan fingerprint density at radius 1 is 0.973 bits per heavy atom. The Balaban J connectivity index is 1.36. The van der Waals surface area contributed by atoms with Crippen LogP contribution in [0, 0.1) is 46.3 Å². The summed E-state index contributed by atoms with van der Waals surface area (Å²) in [4.78, 5) is 24.0. The fourth-order valence-electron chi connectivity index (χ4n) is 9.43. The zero-order valence-corrected chi connectivity index (χ0v) is 24.7. The largest absolute Gasteiger partial charge is 0.466 e. The third-order valence-corrected chi connectivity index (χ3v) is 11.4. The standard InChI is InChI=1S/C33H54O4/c1-7-36-30(34)15-16-31(35)37-25-17-19-32(5)24(21-25)11-12-26-28-14-13-27(23(4)10-8-9-22(2)3)33(28,6)20-18-29(26)32/h11,22-23,25-29H,7-10,12-21H2,1-6H3/t23-,25+,26+,27-,28+,29+,32+,33-/m1/s1. The fraction of sp³-hybridized carbons (Fsp3) is 0.879. The maximum Gasteiger partial charge on any atom is 0.306 e. The number of carbonyl (C=O) groups excluding carboxylic acids is 2. The number of allylic oxidation sites excluding steroid dienone is 1. The van der Waals surface area contributed by atoms with Gasteiger partial charge in [-0.1, -0.05) is 65.5 Å².